The third kappa shape index (κ3) is 7.10. The van der Waals surface area contributed by atoms with Gasteiger partial charge < -0.3 is 15.4 Å². The van der Waals surface area contributed by atoms with Crippen molar-refractivity contribution in [3.8, 4) is 0 Å². The number of alkyl halides is 3. The molecule has 3 nitrogen and oxygen atoms in total. The summed E-state index contributed by atoms with van der Waals surface area (Å²) in [5.41, 5.74) is -0.461. The van der Waals surface area contributed by atoms with Gasteiger partial charge >= 0.3 is 6.18 Å². The summed E-state index contributed by atoms with van der Waals surface area (Å²) in [5.74, 6) is 0. The van der Waals surface area contributed by atoms with Crippen LogP contribution in [-0.2, 0) is 10.9 Å². The molecule has 1 rings (SSSR count). The highest BCUT2D eigenvalue weighted by molar-refractivity contribution is 9.10. The maximum Gasteiger partial charge on any atom is 0.416 e. The van der Waals surface area contributed by atoms with Gasteiger partial charge in [-0.3, -0.25) is 0 Å². The van der Waals surface area contributed by atoms with Crippen molar-refractivity contribution in [3.63, 3.8) is 0 Å². The predicted octanol–water partition coefficient (Wildman–Crippen LogP) is 4.18. The standard InChI is InChI=1S/C13H16BrF3N2OS/c1-2-20-5-3-4-18-12(21)19-11-7-9(13(15,16)17)6-10(14)8-11/h6-8H,2-5H2,1H3,(H2,18,19,21). The number of benzene rings is 1. The molecule has 0 atom stereocenters. The summed E-state index contributed by atoms with van der Waals surface area (Å²) in [6.45, 7) is 3.76. The van der Waals surface area contributed by atoms with Crippen LogP contribution in [0.25, 0.3) is 0 Å². The molecule has 0 saturated carbocycles. The summed E-state index contributed by atoms with van der Waals surface area (Å²) in [4.78, 5) is 0. The van der Waals surface area contributed by atoms with E-state index in [0.717, 1.165) is 18.6 Å². The number of thiocarbonyl (C=S) groups is 1. The molecule has 0 radical (unpaired) electrons. The summed E-state index contributed by atoms with van der Waals surface area (Å²) in [6.07, 6.45) is -3.63. The van der Waals surface area contributed by atoms with Gasteiger partial charge in [-0.1, -0.05) is 15.9 Å². The molecule has 0 aliphatic rings. The van der Waals surface area contributed by atoms with Crippen LogP contribution in [0, 0.1) is 0 Å². The van der Waals surface area contributed by atoms with Crippen molar-refractivity contribution in [1.29, 1.82) is 0 Å². The molecule has 0 aliphatic carbocycles. The number of hydrogen-bond donors (Lipinski definition) is 2. The van der Waals surface area contributed by atoms with Crippen molar-refractivity contribution in [3.05, 3.63) is 28.2 Å². The quantitative estimate of drug-likeness (QED) is 0.569. The molecule has 8 heteroatoms. The fraction of sp³-hybridized carbons (Fsp3) is 0.462. The Kier molecular flexibility index (Phi) is 7.41. The van der Waals surface area contributed by atoms with E-state index in [0.29, 0.717) is 24.2 Å². The highest BCUT2D eigenvalue weighted by Crippen LogP contribution is 2.33. The molecule has 0 unspecified atom stereocenters. The van der Waals surface area contributed by atoms with E-state index in [1.807, 2.05) is 6.92 Å². The van der Waals surface area contributed by atoms with Gasteiger partial charge in [0.1, 0.15) is 0 Å². The van der Waals surface area contributed by atoms with Crippen molar-refractivity contribution in [2.24, 2.45) is 0 Å². The van der Waals surface area contributed by atoms with Crippen LogP contribution in [-0.4, -0.2) is 24.9 Å². The van der Waals surface area contributed by atoms with Crippen LogP contribution in [0.4, 0.5) is 18.9 Å². The summed E-state index contributed by atoms with van der Waals surface area (Å²) in [7, 11) is 0. The van der Waals surface area contributed by atoms with E-state index < -0.39 is 11.7 Å². The van der Waals surface area contributed by atoms with E-state index in [9.17, 15) is 13.2 Å². The van der Waals surface area contributed by atoms with Crippen LogP contribution < -0.4 is 10.6 Å². The molecular formula is C13H16BrF3N2OS. The van der Waals surface area contributed by atoms with Gasteiger partial charge in [0.2, 0.25) is 0 Å². The van der Waals surface area contributed by atoms with Gasteiger partial charge in [-0.25, -0.2) is 0 Å². The van der Waals surface area contributed by atoms with E-state index in [1.54, 1.807) is 0 Å². The minimum atomic E-state index is -4.40. The Labute approximate surface area is 135 Å². The van der Waals surface area contributed by atoms with Gasteiger partial charge in [-0.2, -0.15) is 13.2 Å². The zero-order valence-corrected chi connectivity index (χ0v) is 13.8. The van der Waals surface area contributed by atoms with Crippen LogP contribution >= 0.6 is 28.1 Å². The Morgan fingerprint density at radius 3 is 2.67 bits per heavy atom. The number of halogens is 4. The lowest BCUT2D eigenvalue weighted by Crippen LogP contribution is -2.30. The molecule has 1 aromatic carbocycles. The molecule has 2 N–H and O–H groups in total. The summed E-state index contributed by atoms with van der Waals surface area (Å²) in [6, 6.07) is 3.56. The molecule has 21 heavy (non-hydrogen) atoms. The molecule has 0 spiro atoms. The van der Waals surface area contributed by atoms with Crippen LogP contribution in [0.5, 0.6) is 0 Å². The van der Waals surface area contributed by atoms with Gasteiger partial charge in [0.15, 0.2) is 5.11 Å². The second-order valence-electron chi connectivity index (χ2n) is 4.16. The summed E-state index contributed by atoms with van der Waals surface area (Å²) >= 11 is 8.09. The second kappa shape index (κ2) is 8.55. The Morgan fingerprint density at radius 2 is 2.05 bits per heavy atom. The SMILES string of the molecule is CCOCCCNC(=S)Nc1cc(Br)cc(C(F)(F)F)c1. The van der Waals surface area contributed by atoms with Gasteiger partial charge in [0.05, 0.1) is 5.56 Å². The zero-order valence-electron chi connectivity index (χ0n) is 11.4. The van der Waals surface area contributed by atoms with E-state index in [2.05, 4.69) is 26.6 Å². The average Bonchev–Trinajstić information content (AvgIpc) is 2.36. The number of ether oxygens (including phenoxy) is 1. The van der Waals surface area contributed by atoms with Crippen LogP contribution in [0.15, 0.2) is 22.7 Å². The number of anilines is 1. The Morgan fingerprint density at radius 1 is 1.33 bits per heavy atom. The van der Waals surface area contributed by atoms with Crippen LogP contribution in [0.2, 0.25) is 0 Å². The molecule has 0 aliphatic heterocycles. The Bertz CT molecular complexity index is 483. The smallest absolute Gasteiger partial charge is 0.382 e. The predicted molar refractivity (Wildman–Crippen MR) is 84.5 cm³/mol. The lowest BCUT2D eigenvalue weighted by molar-refractivity contribution is -0.137. The van der Waals surface area contributed by atoms with Crippen molar-refractivity contribution in [2.75, 3.05) is 25.1 Å². The molecule has 0 heterocycles. The molecular weight excluding hydrogens is 369 g/mol. The largest absolute Gasteiger partial charge is 0.416 e. The van der Waals surface area contributed by atoms with Gasteiger partial charge in [-0.15, -0.1) is 0 Å². The average molecular weight is 385 g/mol. The first kappa shape index (κ1) is 18.2. The summed E-state index contributed by atoms with van der Waals surface area (Å²) in [5, 5.41) is 5.92. The molecule has 0 saturated heterocycles. The van der Waals surface area contributed by atoms with Crippen molar-refractivity contribution in [1.82, 2.24) is 5.32 Å². The van der Waals surface area contributed by atoms with Crippen molar-refractivity contribution in [2.45, 2.75) is 19.5 Å². The fourth-order valence-corrected chi connectivity index (χ4v) is 2.23. The van der Waals surface area contributed by atoms with Gasteiger partial charge in [0.25, 0.3) is 0 Å². The van der Waals surface area contributed by atoms with Crippen LogP contribution in [0.1, 0.15) is 18.9 Å². The highest BCUT2D eigenvalue weighted by atomic mass is 79.9. The Balaban J connectivity index is 2.54. The minimum absolute atomic E-state index is 0.276. The first-order valence-corrected chi connectivity index (χ1v) is 7.53. The van der Waals surface area contributed by atoms with Gasteiger partial charge in [-0.05, 0) is 43.8 Å². The van der Waals surface area contributed by atoms with Crippen molar-refractivity contribution < 1.29 is 17.9 Å². The van der Waals surface area contributed by atoms with Crippen molar-refractivity contribution >= 4 is 38.9 Å². The molecule has 118 valence electrons. The fourth-order valence-electron chi connectivity index (χ4n) is 1.52. The first-order chi connectivity index (χ1) is 9.82. The molecule has 0 aromatic heterocycles. The number of hydrogen-bond acceptors (Lipinski definition) is 2. The van der Waals surface area contributed by atoms with E-state index >= 15 is 0 Å². The first-order valence-electron chi connectivity index (χ1n) is 6.33. The van der Waals surface area contributed by atoms with Crippen LogP contribution in [0.3, 0.4) is 0 Å². The highest BCUT2D eigenvalue weighted by Gasteiger charge is 2.31. The maximum absolute atomic E-state index is 12.7. The van der Waals surface area contributed by atoms with E-state index in [1.165, 1.54) is 6.07 Å². The van der Waals surface area contributed by atoms with Gasteiger partial charge in [0, 0.05) is 29.9 Å². The lowest BCUT2D eigenvalue weighted by atomic mass is 10.2. The second-order valence-corrected chi connectivity index (χ2v) is 5.48. The van der Waals surface area contributed by atoms with E-state index in [-0.39, 0.29) is 10.8 Å². The minimum Gasteiger partial charge on any atom is -0.382 e. The third-order valence-electron chi connectivity index (χ3n) is 2.44. The molecule has 1 aromatic rings. The Hall–Kier alpha value is -0.860. The lowest BCUT2D eigenvalue weighted by Gasteiger charge is -2.13. The zero-order chi connectivity index (χ0) is 15.9. The van der Waals surface area contributed by atoms with E-state index in [4.69, 9.17) is 17.0 Å². The number of nitrogens with one attached hydrogen (secondary N) is 2. The normalized spacial score (nSPS) is 11.3. The summed E-state index contributed by atoms with van der Waals surface area (Å²) < 4.78 is 43.6. The molecule has 0 bridgehead atoms. The molecule has 0 fully saturated rings. The number of rotatable bonds is 6. The molecule has 0 amide bonds. The monoisotopic (exact) mass is 384 g/mol. The maximum atomic E-state index is 12.7. The third-order valence-corrected chi connectivity index (χ3v) is 3.14. The topological polar surface area (TPSA) is 33.3 Å².